The summed E-state index contributed by atoms with van der Waals surface area (Å²) in [7, 11) is -4.25. The monoisotopic (exact) mass is 430 g/mol. The van der Waals surface area contributed by atoms with Gasteiger partial charge in [-0.1, -0.05) is 55.8 Å². The minimum absolute atomic E-state index is 0.0960. The Morgan fingerprint density at radius 2 is 1.68 bits per heavy atom. The van der Waals surface area contributed by atoms with Gasteiger partial charge in [-0.2, -0.15) is 13.2 Å². The highest BCUT2D eigenvalue weighted by Gasteiger charge is 2.32. The molecule has 4 nitrogen and oxygen atoms in total. The van der Waals surface area contributed by atoms with E-state index in [1.54, 1.807) is 42.5 Å². The molecule has 2 radical (unpaired) electrons. The van der Waals surface area contributed by atoms with Gasteiger partial charge in [0.2, 0.25) is 0 Å². The fourth-order valence-electron chi connectivity index (χ4n) is 2.30. The maximum absolute atomic E-state index is 13.2. The van der Waals surface area contributed by atoms with Crippen molar-refractivity contribution >= 4 is 17.3 Å². The molecule has 0 saturated heterocycles. The number of aryl methyl sites for hydroxylation is 1. The average Bonchev–Trinajstić information content (AvgIpc) is 2.63. The van der Waals surface area contributed by atoms with E-state index in [9.17, 15) is 17.7 Å². The third kappa shape index (κ3) is 8.08. The molecule has 1 atom stereocenters. The lowest BCUT2D eigenvalue weighted by molar-refractivity contribution is -0.130. The van der Waals surface area contributed by atoms with Crippen molar-refractivity contribution in [2.24, 2.45) is 0 Å². The van der Waals surface area contributed by atoms with Gasteiger partial charge in [0.15, 0.2) is 0 Å². The number of hydrogen-bond acceptors (Lipinski definition) is 4. The van der Waals surface area contributed by atoms with E-state index < -0.39 is 20.4 Å². The van der Waals surface area contributed by atoms with Crippen LogP contribution in [0.4, 0.5) is 13.2 Å². The SMILES string of the molecule is CCCc1ccccc1OP(=O)(OC[Si]CCC(F)(F)F)Oc1ccccc1. The van der Waals surface area contributed by atoms with Gasteiger partial charge in [-0.25, -0.2) is 4.57 Å². The number of benzene rings is 2. The summed E-state index contributed by atoms with van der Waals surface area (Å²) in [6, 6.07) is 15.4. The van der Waals surface area contributed by atoms with Crippen molar-refractivity contribution in [3.05, 3.63) is 60.2 Å². The summed E-state index contributed by atoms with van der Waals surface area (Å²) in [5, 5.41) is 0. The van der Waals surface area contributed by atoms with Crippen LogP contribution in [0.3, 0.4) is 0 Å². The average molecular weight is 430 g/mol. The van der Waals surface area contributed by atoms with Crippen molar-refractivity contribution in [1.82, 2.24) is 0 Å². The van der Waals surface area contributed by atoms with Crippen LogP contribution in [0.5, 0.6) is 11.5 Å². The van der Waals surface area contributed by atoms with Crippen LogP contribution in [0.25, 0.3) is 0 Å². The van der Waals surface area contributed by atoms with E-state index in [4.69, 9.17) is 13.6 Å². The van der Waals surface area contributed by atoms with Gasteiger partial charge < -0.3 is 9.05 Å². The zero-order valence-electron chi connectivity index (χ0n) is 15.4. The molecule has 0 spiro atoms. The Bertz CT molecular complexity index is 771. The van der Waals surface area contributed by atoms with E-state index in [0.717, 1.165) is 18.4 Å². The molecule has 0 N–H and O–H groups in total. The van der Waals surface area contributed by atoms with E-state index in [0.29, 0.717) is 5.75 Å². The number of alkyl halides is 3. The maximum Gasteiger partial charge on any atom is 0.587 e. The van der Waals surface area contributed by atoms with E-state index >= 15 is 0 Å². The maximum atomic E-state index is 13.2. The topological polar surface area (TPSA) is 44.8 Å². The van der Waals surface area contributed by atoms with Gasteiger partial charge in [-0.05, 0) is 30.2 Å². The Morgan fingerprint density at radius 3 is 2.36 bits per heavy atom. The first-order valence-corrected chi connectivity index (χ1v) is 11.7. The zero-order chi connectivity index (χ0) is 20.5. The Kier molecular flexibility index (Phi) is 8.60. The molecular formula is C19H22F3O4PSi. The highest BCUT2D eigenvalue weighted by molar-refractivity contribution is 7.49. The zero-order valence-corrected chi connectivity index (χ0v) is 17.3. The first kappa shape index (κ1) is 22.5. The quantitative estimate of drug-likeness (QED) is 0.240. The molecule has 0 aliphatic carbocycles. The van der Waals surface area contributed by atoms with Gasteiger partial charge in [-0.15, -0.1) is 0 Å². The summed E-state index contributed by atoms with van der Waals surface area (Å²) < 4.78 is 66.4. The summed E-state index contributed by atoms with van der Waals surface area (Å²) >= 11 is 0. The van der Waals surface area contributed by atoms with E-state index in [1.165, 1.54) is 0 Å². The predicted molar refractivity (Wildman–Crippen MR) is 103 cm³/mol. The summed E-state index contributed by atoms with van der Waals surface area (Å²) in [5.41, 5.74) is 0.852. The van der Waals surface area contributed by atoms with Crippen molar-refractivity contribution in [2.75, 3.05) is 6.23 Å². The van der Waals surface area contributed by atoms with E-state index in [-0.39, 0.29) is 27.5 Å². The van der Waals surface area contributed by atoms with Crippen LogP contribution in [0.2, 0.25) is 6.04 Å². The van der Waals surface area contributed by atoms with Crippen LogP contribution >= 0.6 is 7.82 Å². The lowest BCUT2D eigenvalue weighted by atomic mass is 10.1. The molecule has 0 heterocycles. The van der Waals surface area contributed by atoms with Crippen LogP contribution in [-0.4, -0.2) is 21.9 Å². The molecule has 152 valence electrons. The Hall–Kier alpha value is -1.76. The molecule has 0 fully saturated rings. The van der Waals surface area contributed by atoms with Crippen molar-refractivity contribution in [3.8, 4) is 11.5 Å². The molecule has 0 aliphatic heterocycles. The Balaban J connectivity index is 2.09. The normalized spacial score (nSPS) is 13.7. The van der Waals surface area contributed by atoms with Crippen LogP contribution in [0.1, 0.15) is 25.3 Å². The smallest absolute Gasteiger partial charge is 0.395 e. The van der Waals surface area contributed by atoms with Gasteiger partial charge in [-0.3, -0.25) is 4.52 Å². The third-order valence-electron chi connectivity index (χ3n) is 3.57. The second-order valence-corrected chi connectivity index (χ2v) is 8.75. The van der Waals surface area contributed by atoms with Gasteiger partial charge in [0, 0.05) is 12.7 Å². The fourth-order valence-corrected chi connectivity index (χ4v) is 4.84. The molecular weight excluding hydrogens is 408 g/mol. The predicted octanol–water partition coefficient (Wildman–Crippen LogP) is 6.25. The number of phosphoric acid groups is 1. The molecule has 2 aromatic rings. The number of halogens is 3. The summed E-state index contributed by atoms with van der Waals surface area (Å²) in [6.07, 6.45) is -3.68. The Morgan fingerprint density at radius 1 is 1.00 bits per heavy atom. The standard InChI is InChI=1S/C19H22F3O4PSi/c1-2-8-16-9-6-7-12-18(16)26-27(23,25-17-10-4-3-5-11-17)24-15-28-14-13-19(20,21)22/h3-7,9-12H,2,8,13-15H2,1H3. The third-order valence-corrected chi connectivity index (χ3v) is 6.07. The molecule has 1 unspecified atom stereocenters. The minimum Gasteiger partial charge on any atom is -0.395 e. The van der Waals surface area contributed by atoms with Crippen LogP contribution in [0.15, 0.2) is 54.6 Å². The lowest BCUT2D eigenvalue weighted by Crippen LogP contribution is -2.13. The number of para-hydroxylation sites is 2. The number of phosphoric ester groups is 1. The molecule has 0 aromatic heterocycles. The fraction of sp³-hybridized carbons (Fsp3) is 0.368. The lowest BCUT2D eigenvalue weighted by Gasteiger charge is -2.20. The van der Waals surface area contributed by atoms with E-state index in [2.05, 4.69) is 0 Å². The van der Waals surface area contributed by atoms with Crippen LogP contribution < -0.4 is 9.05 Å². The summed E-state index contributed by atoms with van der Waals surface area (Å²) in [6.45, 7) is 2.01. The first-order valence-electron chi connectivity index (χ1n) is 8.85. The molecule has 9 heteroatoms. The van der Waals surface area contributed by atoms with Crippen LogP contribution in [-0.2, 0) is 15.5 Å². The van der Waals surface area contributed by atoms with Gasteiger partial charge in [0.05, 0.1) is 9.52 Å². The van der Waals surface area contributed by atoms with Crippen molar-refractivity contribution in [1.29, 1.82) is 0 Å². The molecule has 0 bridgehead atoms. The van der Waals surface area contributed by atoms with Crippen molar-refractivity contribution in [3.63, 3.8) is 0 Å². The van der Waals surface area contributed by atoms with Crippen molar-refractivity contribution < 1.29 is 31.3 Å². The van der Waals surface area contributed by atoms with Gasteiger partial charge in [0.1, 0.15) is 11.5 Å². The second kappa shape index (κ2) is 10.7. The summed E-state index contributed by atoms with van der Waals surface area (Å²) in [4.78, 5) is 0. The molecule has 0 amide bonds. The molecule has 28 heavy (non-hydrogen) atoms. The number of rotatable bonds is 11. The first-order chi connectivity index (χ1) is 13.3. The van der Waals surface area contributed by atoms with Crippen molar-refractivity contribution in [2.45, 2.75) is 38.4 Å². The number of hydrogen-bond donors (Lipinski definition) is 0. The van der Waals surface area contributed by atoms with Crippen LogP contribution in [0, 0.1) is 0 Å². The highest BCUT2D eigenvalue weighted by atomic mass is 31.2. The highest BCUT2D eigenvalue weighted by Crippen LogP contribution is 2.50. The van der Waals surface area contributed by atoms with Gasteiger partial charge in [0.25, 0.3) is 0 Å². The Labute approximate surface area is 165 Å². The molecule has 0 aliphatic rings. The molecule has 2 rings (SSSR count). The summed E-state index contributed by atoms with van der Waals surface area (Å²) in [5.74, 6) is 0.666. The van der Waals surface area contributed by atoms with E-state index in [1.807, 2.05) is 19.1 Å². The second-order valence-electron chi connectivity index (χ2n) is 5.94. The molecule has 0 saturated carbocycles. The van der Waals surface area contributed by atoms with Gasteiger partial charge >= 0.3 is 14.0 Å². The minimum atomic E-state index is -4.22. The largest absolute Gasteiger partial charge is 0.587 e. The molecule has 2 aromatic carbocycles.